The number of aliphatic hydroxyl groups excluding tert-OH is 1. The highest BCUT2D eigenvalue weighted by molar-refractivity contribution is 5.85. The molecule has 2 fully saturated rings. The van der Waals surface area contributed by atoms with Gasteiger partial charge in [-0.1, -0.05) is 18.2 Å². The first-order chi connectivity index (χ1) is 11.2. The van der Waals surface area contributed by atoms with Gasteiger partial charge in [-0.3, -0.25) is 4.79 Å². The minimum absolute atomic E-state index is 0. The quantitative estimate of drug-likeness (QED) is 0.862. The highest BCUT2D eigenvalue weighted by atomic mass is 35.5. The summed E-state index contributed by atoms with van der Waals surface area (Å²) in [7, 11) is 1.71. The van der Waals surface area contributed by atoms with Crippen molar-refractivity contribution in [3.63, 3.8) is 0 Å². The predicted molar refractivity (Wildman–Crippen MR) is 95.7 cm³/mol. The Kier molecular flexibility index (Phi) is 6.90. The van der Waals surface area contributed by atoms with Crippen LogP contribution in [-0.4, -0.2) is 54.8 Å². The molecule has 0 saturated carbocycles. The van der Waals surface area contributed by atoms with Gasteiger partial charge in [0.15, 0.2) is 0 Å². The third-order valence-corrected chi connectivity index (χ3v) is 5.03. The minimum atomic E-state index is -0.382. The van der Waals surface area contributed by atoms with E-state index in [9.17, 15) is 9.90 Å². The molecule has 0 aromatic heterocycles. The van der Waals surface area contributed by atoms with Crippen LogP contribution < -0.4 is 10.1 Å². The molecule has 2 unspecified atom stereocenters. The van der Waals surface area contributed by atoms with Gasteiger partial charge in [0.2, 0.25) is 5.91 Å². The first-order valence-corrected chi connectivity index (χ1v) is 8.49. The number of nitrogens with zero attached hydrogens (tertiary/aromatic N) is 1. The molecule has 134 valence electrons. The highest BCUT2D eigenvalue weighted by Gasteiger charge is 2.33. The average molecular weight is 355 g/mol. The van der Waals surface area contributed by atoms with Gasteiger partial charge in [-0.25, -0.2) is 0 Å². The molecule has 5 nitrogen and oxygen atoms in total. The minimum Gasteiger partial charge on any atom is -0.496 e. The molecule has 2 aliphatic rings. The zero-order valence-corrected chi connectivity index (χ0v) is 14.9. The van der Waals surface area contributed by atoms with Gasteiger partial charge >= 0.3 is 0 Å². The van der Waals surface area contributed by atoms with Gasteiger partial charge in [-0.05, 0) is 43.2 Å². The Hall–Kier alpha value is -1.30. The van der Waals surface area contributed by atoms with E-state index in [0.29, 0.717) is 18.9 Å². The van der Waals surface area contributed by atoms with Crippen LogP contribution >= 0.6 is 12.4 Å². The fourth-order valence-electron chi connectivity index (χ4n) is 3.67. The van der Waals surface area contributed by atoms with Crippen LogP contribution in [0, 0.1) is 5.92 Å². The maximum absolute atomic E-state index is 12.4. The maximum Gasteiger partial charge on any atom is 0.239 e. The monoisotopic (exact) mass is 354 g/mol. The number of piperidine rings is 1. The first kappa shape index (κ1) is 19.0. The fraction of sp³-hybridized carbons (Fsp3) is 0.611. The van der Waals surface area contributed by atoms with Gasteiger partial charge in [0.05, 0.1) is 19.3 Å². The molecular formula is C18H27ClN2O3. The number of benzene rings is 1. The van der Waals surface area contributed by atoms with Crippen molar-refractivity contribution in [1.29, 1.82) is 0 Å². The summed E-state index contributed by atoms with van der Waals surface area (Å²) in [5.41, 5.74) is 1.25. The average Bonchev–Trinajstić information content (AvgIpc) is 3.02. The van der Waals surface area contributed by atoms with Crippen molar-refractivity contribution in [2.45, 2.75) is 37.8 Å². The molecule has 0 radical (unpaired) electrons. The van der Waals surface area contributed by atoms with Crippen molar-refractivity contribution in [1.82, 2.24) is 10.2 Å². The van der Waals surface area contributed by atoms with E-state index in [1.807, 2.05) is 23.1 Å². The van der Waals surface area contributed by atoms with Crippen LogP contribution in [0.5, 0.6) is 5.75 Å². The van der Waals surface area contributed by atoms with Crippen LogP contribution in [0.25, 0.3) is 0 Å². The molecule has 0 bridgehead atoms. The second-order valence-electron chi connectivity index (χ2n) is 6.63. The SMILES string of the molecule is COc1ccccc1CC1CCN(C(=O)C2CC(O)CN2)CC1.Cl. The Morgan fingerprint density at radius 3 is 2.67 bits per heavy atom. The summed E-state index contributed by atoms with van der Waals surface area (Å²) >= 11 is 0. The van der Waals surface area contributed by atoms with Crippen molar-refractivity contribution in [2.75, 3.05) is 26.7 Å². The third kappa shape index (κ3) is 4.41. The number of rotatable bonds is 4. The van der Waals surface area contributed by atoms with Crippen LogP contribution in [0.15, 0.2) is 24.3 Å². The van der Waals surface area contributed by atoms with Gasteiger partial charge in [0.1, 0.15) is 5.75 Å². The number of likely N-dealkylation sites (tertiary alicyclic amines) is 1. The summed E-state index contributed by atoms with van der Waals surface area (Å²) in [5, 5.41) is 12.7. The molecule has 24 heavy (non-hydrogen) atoms. The standard InChI is InChI=1S/C18H26N2O3.ClH/c1-23-17-5-3-2-4-14(17)10-13-6-8-20(9-7-13)18(22)16-11-15(21)12-19-16;/h2-5,13,15-16,19,21H,6-12H2,1H3;1H. The maximum atomic E-state index is 12.4. The van der Waals surface area contributed by atoms with Crippen molar-refractivity contribution >= 4 is 18.3 Å². The van der Waals surface area contributed by atoms with Crippen LogP contribution in [0.4, 0.5) is 0 Å². The highest BCUT2D eigenvalue weighted by Crippen LogP contribution is 2.27. The molecular weight excluding hydrogens is 328 g/mol. The Morgan fingerprint density at radius 2 is 2.04 bits per heavy atom. The number of para-hydroxylation sites is 1. The number of hydrogen-bond donors (Lipinski definition) is 2. The summed E-state index contributed by atoms with van der Waals surface area (Å²) in [6.07, 6.45) is 3.22. The molecule has 1 aromatic rings. The van der Waals surface area contributed by atoms with Crippen LogP contribution in [0.1, 0.15) is 24.8 Å². The summed E-state index contributed by atoms with van der Waals surface area (Å²) in [5.74, 6) is 1.70. The predicted octanol–water partition coefficient (Wildman–Crippen LogP) is 1.62. The summed E-state index contributed by atoms with van der Waals surface area (Å²) in [6, 6.07) is 7.97. The van der Waals surface area contributed by atoms with Crippen LogP contribution in [0.3, 0.4) is 0 Å². The number of amides is 1. The zero-order chi connectivity index (χ0) is 16.2. The molecule has 6 heteroatoms. The number of methoxy groups -OCH3 is 1. The normalized spacial score (nSPS) is 24.5. The number of carbonyl (C=O) groups excluding carboxylic acids is 1. The lowest BCUT2D eigenvalue weighted by atomic mass is 9.89. The van der Waals surface area contributed by atoms with E-state index in [0.717, 1.165) is 38.1 Å². The van der Waals surface area contributed by atoms with Gasteiger partial charge in [-0.15, -0.1) is 12.4 Å². The molecule has 2 aliphatic heterocycles. The molecule has 1 aromatic carbocycles. The number of halogens is 1. The summed E-state index contributed by atoms with van der Waals surface area (Å²) in [4.78, 5) is 14.4. The number of hydrogen-bond acceptors (Lipinski definition) is 4. The van der Waals surface area contributed by atoms with E-state index >= 15 is 0 Å². The van der Waals surface area contributed by atoms with Gasteiger partial charge in [0, 0.05) is 19.6 Å². The van der Waals surface area contributed by atoms with Gasteiger partial charge < -0.3 is 20.1 Å². The Balaban J connectivity index is 0.00000208. The van der Waals surface area contributed by atoms with E-state index in [1.165, 1.54) is 5.56 Å². The molecule has 2 N–H and O–H groups in total. The molecule has 2 atom stereocenters. The van der Waals surface area contributed by atoms with Crippen molar-refractivity contribution < 1.29 is 14.6 Å². The summed E-state index contributed by atoms with van der Waals surface area (Å²) < 4.78 is 5.43. The van der Waals surface area contributed by atoms with Crippen LogP contribution in [0.2, 0.25) is 0 Å². The largest absolute Gasteiger partial charge is 0.496 e. The first-order valence-electron chi connectivity index (χ1n) is 8.49. The lowest BCUT2D eigenvalue weighted by molar-refractivity contribution is -0.134. The van der Waals surface area contributed by atoms with E-state index in [2.05, 4.69) is 11.4 Å². The van der Waals surface area contributed by atoms with Crippen molar-refractivity contribution in [2.24, 2.45) is 5.92 Å². The van der Waals surface area contributed by atoms with E-state index in [-0.39, 0.29) is 30.5 Å². The molecule has 2 saturated heterocycles. The Labute approximate surface area is 149 Å². The van der Waals surface area contributed by atoms with E-state index < -0.39 is 0 Å². The smallest absolute Gasteiger partial charge is 0.239 e. The Morgan fingerprint density at radius 1 is 1.33 bits per heavy atom. The Bertz CT molecular complexity index is 547. The van der Waals surface area contributed by atoms with E-state index in [4.69, 9.17) is 4.74 Å². The lowest BCUT2D eigenvalue weighted by Crippen LogP contribution is -2.47. The fourth-order valence-corrected chi connectivity index (χ4v) is 3.67. The second-order valence-corrected chi connectivity index (χ2v) is 6.63. The number of ether oxygens (including phenoxy) is 1. The van der Waals surface area contributed by atoms with E-state index in [1.54, 1.807) is 7.11 Å². The number of β-amino-alcohol motifs (C(OH)–C–C–N with tert-alkyl or cyclic N) is 1. The van der Waals surface area contributed by atoms with Crippen molar-refractivity contribution in [3.8, 4) is 5.75 Å². The number of nitrogens with one attached hydrogen (secondary N) is 1. The molecule has 0 spiro atoms. The number of carbonyl (C=O) groups is 1. The second kappa shape index (κ2) is 8.70. The zero-order valence-electron chi connectivity index (χ0n) is 14.1. The van der Waals surface area contributed by atoms with Gasteiger partial charge in [-0.2, -0.15) is 0 Å². The molecule has 3 rings (SSSR count). The third-order valence-electron chi connectivity index (χ3n) is 5.03. The molecule has 1 amide bonds. The number of aliphatic hydroxyl groups is 1. The van der Waals surface area contributed by atoms with Gasteiger partial charge in [0.25, 0.3) is 0 Å². The summed E-state index contributed by atoms with van der Waals surface area (Å²) in [6.45, 7) is 2.15. The topological polar surface area (TPSA) is 61.8 Å². The van der Waals surface area contributed by atoms with Crippen LogP contribution in [-0.2, 0) is 11.2 Å². The molecule has 2 heterocycles. The lowest BCUT2D eigenvalue weighted by Gasteiger charge is -2.33. The molecule has 0 aliphatic carbocycles. The van der Waals surface area contributed by atoms with Crippen molar-refractivity contribution in [3.05, 3.63) is 29.8 Å².